The first-order valence-electron chi connectivity index (χ1n) is 8.18. The summed E-state index contributed by atoms with van der Waals surface area (Å²) in [5, 5.41) is 2.67. The minimum atomic E-state index is -4.45. The summed E-state index contributed by atoms with van der Waals surface area (Å²) < 4.78 is 40.1. The number of nitrogens with zero attached hydrogens (tertiary/aromatic N) is 1. The number of hydrogen-bond donors (Lipinski definition) is 1. The summed E-state index contributed by atoms with van der Waals surface area (Å²) in [7, 11) is 0. The van der Waals surface area contributed by atoms with Gasteiger partial charge in [0.1, 0.15) is 6.61 Å². The van der Waals surface area contributed by atoms with Gasteiger partial charge in [0, 0.05) is 29.6 Å². The second-order valence-electron chi connectivity index (χ2n) is 5.77. The van der Waals surface area contributed by atoms with E-state index in [9.17, 15) is 27.6 Å². The van der Waals surface area contributed by atoms with Crippen molar-refractivity contribution in [3.05, 3.63) is 38.7 Å². The Morgan fingerprint density at radius 3 is 2.66 bits per heavy atom. The Hall–Kier alpha value is -1.75. The molecule has 158 valence electrons. The van der Waals surface area contributed by atoms with Gasteiger partial charge in [-0.2, -0.15) is 13.2 Å². The molecule has 1 aliphatic rings. The smallest absolute Gasteiger partial charge is 0.372 e. The fourth-order valence-corrected chi connectivity index (χ4v) is 3.52. The fourth-order valence-electron chi connectivity index (χ4n) is 2.20. The Morgan fingerprint density at radius 2 is 2.00 bits per heavy atom. The van der Waals surface area contributed by atoms with E-state index in [2.05, 4.69) is 10.1 Å². The van der Waals surface area contributed by atoms with Gasteiger partial charge in [-0.1, -0.05) is 29.3 Å². The Kier molecular flexibility index (Phi) is 8.38. The van der Waals surface area contributed by atoms with E-state index >= 15 is 0 Å². The van der Waals surface area contributed by atoms with Crippen LogP contribution in [0, 0.1) is 0 Å². The van der Waals surface area contributed by atoms with Crippen molar-refractivity contribution in [2.75, 3.05) is 26.3 Å². The summed E-state index contributed by atoms with van der Waals surface area (Å²) >= 11 is 12.6. The van der Waals surface area contributed by atoms with Crippen molar-refractivity contribution >= 4 is 58.1 Å². The lowest BCUT2D eigenvalue weighted by Crippen LogP contribution is -2.37. The summed E-state index contributed by atoms with van der Waals surface area (Å²) in [5.74, 6) is -1.09. The maximum Gasteiger partial charge on any atom is 0.411 e. The molecule has 0 aliphatic carbocycles. The highest BCUT2D eigenvalue weighted by molar-refractivity contribution is 8.18. The zero-order chi connectivity index (χ0) is 21.6. The quantitative estimate of drug-likeness (QED) is 0.456. The highest BCUT2D eigenvalue weighted by Gasteiger charge is 2.34. The third kappa shape index (κ3) is 7.54. The van der Waals surface area contributed by atoms with Crippen molar-refractivity contribution in [3.8, 4) is 0 Å². The van der Waals surface area contributed by atoms with Crippen LogP contribution in [0.2, 0.25) is 10.0 Å². The van der Waals surface area contributed by atoms with Crippen LogP contribution < -0.4 is 5.32 Å². The number of imide groups is 1. The van der Waals surface area contributed by atoms with Crippen LogP contribution >= 0.6 is 35.0 Å². The average molecular weight is 471 g/mol. The maximum absolute atomic E-state index is 12.4. The lowest BCUT2D eigenvalue weighted by Gasteiger charge is -2.13. The van der Waals surface area contributed by atoms with Crippen molar-refractivity contribution < 1.29 is 32.3 Å². The third-order valence-corrected chi connectivity index (χ3v) is 4.99. The van der Waals surface area contributed by atoms with Crippen molar-refractivity contribution in [2.24, 2.45) is 0 Å². The number of rotatable bonds is 8. The molecule has 0 saturated carbocycles. The van der Waals surface area contributed by atoms with E-state index in [-0.39, 0.29) is 24.4 Å². The number of halogens is 5. The largest absolute Gasteiger partial charge is 0.411 e. The van der Waals surface area contributed by atoms with Gasteiger partial charge in [-0.05, 0) is 35.5 Å². The standard InChI is InChI=1S/C17H15Cl2F3N2O4S/c18-11-2-1-10(12(19)8-11)7-13-15(26)24(16(27)29-13)5-4-23-14(25)3-6-28-9-17(20,21)22/h1-2,7-8H,3-6,9H2,(H,23,25). The Labute approximate surface area is 178 Å². The highest BCUT2D eigenvalue weighted by atomic mass is 35.5. The second kappa shape index (κ2) is 10.3. The van der Waals surface area contributed by atoms with E-state index in [1.54, 1.807) is 12.1 Å². The van der Waals surface area contributed by atoms with Crippen molar-refractivity contribution in [2.45, 2.75) is 12.6 Å². The van der Waals surface area contributed by atoms with Crippen LogP contribution in [-0.2, 0) is 14.3 Å². The monoisotopic (exact) mass is 470 g/mol. The number of hydrogen-bond acceptors (Lipinski definition) is 5. The molecule has 29 heavy (non-hydrogen) atoms. The van der Waals surface area contributed by atoms with E-state index < -0.39 is 36.4 Å². The molecular formula is C17H15Cl2F3N2O4S. The second-order valence-corrected chi connectivity index (χ2v) is 7.60. The molecule has 12 heteroatoms. The summed E-state index contributed by atoms with van der Waals surface area (Å²) in [5.41, 5.74) is 0.522. The number of carbonyl (C=O) groups excluding carboxylic acids is 3. The van der Waals surface area contributed by atoms with Crippen LogP contribution in [0.4, 0.5) is 18.0 Å². The van der Waals surface area contributed by atoms with Crippen molar-refractivity contribution in [3.63, 3.8) is 0 Å². The van der Waals surface area contributed by atoms with Crippen LogP contribution in [0.1, 0.15) is 12.0 Å². The van der Waals surface area contributed by atoms with E-state index in [0.717, 1.165) is 16.7 Å². The average Bonchev–Trinajstić information content (AvgIpc) is 2.88. The Balaban J connectivity index is 1.81. The van der Waals surface area contributed by atoms with Gasteiger partial charge >= 0.3 is 6.18 Å². The van der Waals surface area contributed by atoms with Gasteiger partial charge in [0.2, 0.25) is 5.91 Å². The third-order valence-electron chi connectivity index (χ3n) is 3.52. The minimum Gasteiger partial charge on any atom is -0.372 e. The lowest BCUT2D eigenvalue weighted by atomic mass is 10.2. The number of carbonyl (C=O) groups is 3. The SMILES string of the molecule is O=C(CCOCC(F)(F)F)NCCN1C(=O)SC(=Cc2ccc(Cl)cc2Cl)C1=O. The van der Waals surface area contributed by atoms with Crippen LogP contribution in [0.3, 0.4) is 0 Å². The zero-order valence-electron chi connectivity index (χ0n) is 14.7. The minimum absolute atomic E-state index is 0.0366. The molecule has 1 saturated heterocycles. The molecule has 1 N–H and O–H groups in total. The molecule has 0 atom stereocenters. The van der Waals surface area contributed by atoms with Crippen LogP contribution in [0.15, 0.2) is 23.1 Å². The maximum atomic E-state index is 12.4. The van der Waals surface area contributed by atoms with Crippen LogP contribution in [0.5, 0.6) is 0 Å². The van der Waals surface area contributed by atoms with Gasteiger partial charge < -0.3 is 10.1 Å². The number of nitrogens with one attached hydrogen (secondary N) is 1. The number of alkyl halides is 3. The molecule has 1 heterocycles. The van der Waals surface area contributed by atoms with E-state index in [1.165, 1.54) is 12.1 Å². The molecule has 3 amide bonds. The molecule has 1 aliphatic heterocycles. The lowest BCUT2D eigenvalue weighted by molar-refractivity contribution is -0.174. The molecule has 0 aromatic heterocycles. The van der Waals surface area contributed by atoms with Gasteiger partial charge in [-0.15, -0.1) is 0 Å². The Bertz CT molecular complexity index is 833. The molecule has 0 radical (unpaired) electrons. The van der Waals surface area contributed by atoms with E-state index in [4.69, 9.17) is 23.2 Å². The van der Waals surface area contributed by atoms with Crippen molar-refractivity contribution in [1.29, 1.82) is 0 Å². The van der Waals surface area contributed by atoms with Gasteiger partial charge in [0.25, 0.3) is 11.1 Å². The molecule has 1 fully saturated rings. The first kappa shape index (κ1) is 23.5. The predicted molar refractivity (Wildman–Crippen MR) is 104 cm³/mol. The van der Waals surface area contributed by atoms with Crippen molar-refractivity contribution in [1.82, 2.24) is 10.2 Å². The molecular weight excluding hydrogens is 456 g/mol. The van der Waals surface area contributed by atoms with E-state index in [0.29, 0.717) is 15.6 Å². The first-order chi connectivity index (χ1) is 13.6. The predicted octanol–water partition coefficient (Wildman–Crippen LogP) is 4.11. The van der Waals surface area contributed by atoms with E-state index in [1.807, 2.05) is 0 Å². The summed E-state index contributed by atoms with van der Waals surface area (Å²) in [6, 6.07) is 4.71. The first-order valence-corrected chi connectivity index (χ1v) is 9.75. The molecule has 0 unspecified atom stereocenters. The summed E-state index contributed by atoms with van der Waals surface area (Å²) in [4.78, 5) is 37.1. The van der Waals surface area contributed by atoms with Gasteiger partial charge in [0.15, 0.2) is 0 Å². The number of ether oxygens (including phenoxy) is 1. The fraction of sp³-hybridized carbons (Fsp3) is 0.353. The van der Waals surface area contributed by atoms with Gasteiger partial charge in [0.05, 0.1) is 11.5 Å². The molecule has 6 nitrogen and oxygen atoms in total. The number of amides is 3. The van der Waals surface area contributed by atoms with Gasteiger partial charge in [-0.3, -0.25) is 19.3 Å². The number of thioether (sulfide) groups is 1. The zero-order valence-corrected chi connectivity index (χ0v) is 17.1. The molecule has 1 aromatic carbocycles. The molecule has 1 aromatic rings. The number of benzene rings is 1. The van der Waals surface area contributed by atoms with Gasteiger partial charge in [-0.25, -0.2) is 0 Å². The highest BCUT2D eigenvalue weighted by Crippen LogP contribution is 2.33. The van der Waals surface area contributed by atoms with Crippen LogP contribution in [-0.4, -0.2) is 54.4 Å². The molecule has 0 spiro atoms. The van der Waals surface area contributed by atoms with Crippen LogP contribution in [0.25, 0.3) is 6.08 Å². The molecule has 2 rings (SSSR count). The summed E-state index contributed by atoms with van der Waals surface area (Å²) in [6.07, 6.45) is -3.25. The Morgan fingerprint density at radius 1 is 1.28 bits per heavy atom. The topological polar surface area (TPSA) is 75.7 Å². The summed E-state index contributed by atoms with van der Waals surface area (Å²) in [6.45, 7) is -1.94. The molecule has 0 bridgehead atoms. The normalized spacial score (nSPS) is 16.0.